The molecule has 0 unspecified atom stereocenters. The fourth-order valence-corrected chi connectivity index (χ4v) is 1.19. The van der Waals surface area contributed by atoms with Gasteiger partial charge in [0.1, 0.15) is 0 Å². The van der Waals surface area contributed by atoms with Crippen LogP contribution in [0, 0.1) is 0 Å². The molecule has 0 aliphatic heterocycles. The van der Waals surface area contributed by atoms with Gasteiger partial charge in [0.25, 0.3) is 0 Å². The first kappa shape index (κ1) is 6.65. The summed E-state index contributed by atoms with van der Waals surface area (Å²) in [5.41, 5.74) is 0. The van der Waals surface area contributed by atoms with Gasteiger partial charge in [-0.1, -0.05) is 0 Å². The first-order valence-corrected chi connectivity index (χ1v) is 2.97. The van der Waals surface area contributed by atoms with E-state index in [0.29, 0.717) is 0 Å². The molecule has 0 aliphatic rings. The van der Waals surface area contributed by atoms with E-state index < -0.39 is 0 Å². The zero-order valence-electron chi connectivity index (χ0n) is 2.04. The van der Waals surface area contributed by atoms with Crippen molar-refractivity contribution >= 4 is 12.3 Å². The first-order valence-electron chi connectivity index (χ1n) is 0.667. The Morgan fingerprint density at radius 1 is 1.20 bits per heavy atom. The molecule has 0 radical (unpaired) electrons. The second-order valence-corrected chi connectivity index (χ2v) is 2.62. The molecule has 0 N–H and O–H groups in total. The van der Waals surface area contributed by atoms with Gasteiger partial charge in [-0.25, -0.2) is 0 Å². The molecular formula is Mo2O2S. The van der Waals surface area contributed by atoms with E-state index in [1.807, 2.05) is 0 Å². The van der Waals surface area contributed by atoms with Crippen LogP contribution in [0.15, 0.2) is 0 Å². The summed E-state index contributed by atoms with van der Waals surface area (Å²) in [5, 5.41) is 0. The number of hydrogen-bond donors (Lipinski definition) is 0. The minimum atomic E-state index is 0.972. The normalized spacial score (nSPS) is 8.00. The van der Waals surface area contributed by atoms with E-state index in [1.165, 1.54) is 40.4 Å². The molecule has 0 rings (SSSR count). The van der Waals surface area contributed by atoms with Crippen LogP contribution in [-0.4, -0.2) is 0 Å². The summed E-state index contributed by atoms with van der Waals surface area (Å²) < 4.78 is 8.80. The summed E-state index contributed by atoms with van der Waals surface area (Å²) in [7, 11) is 0. The van der Waals surface area contributed by atoms with Crippen LogP contribution in [0.4, 0.5) is 0 Å². The monoisotopic (exact) mass is 260 g/mol. The SMILES string of the molecule is [Mo][O]S[O][Mo]. The standard InChI is InChI=1S/2Mo.H2O2S/c;;1-3-2/h;;1-2H/q2*+1;/p-2. The molecule has 0 saturated heterocycles. The average Bonchev–Trinajstić information content (AvgIpc) is 1.41. The van der Waals surface area contributed by atoms with Crippen molar-refractivity contribution in [3.8, 4) is 0 Å². The Labute approximate surface area is 58.1 Å². The van der Waals surface area contributed by atoms with Gasteiger partial charge in [0, 0.05) is 0 Å². The molecule has 0 aromatic carbocycles. The van der Waals surface area contributed by atoms with Gasteiger partial charge in [-0.3, -0.25) is 0 Å². The first-order chi connectivity index (χ1) is 2.41. The molecule has 0 atom stereocenters. The van der Waals surface area contributed by atoms with Gasteiger partial charge in [0.05, 0.1) is 0 Å². The van der Waals surface area contributed by atoms with Gasteiger partial charge in [-0.05, 0) is 0 Å². The summed E-state index contributed by atoms with van der Waals surface area (Å²) in [5.74, 6) is 0. The molecule has 0 saturated carbocycles. The molecule has 0 spiro atoms. The Bertz CT molecular complexity index is 15.1. The van der Waals surface area contributed by atoms with Gasteiger partial charge in [-0.15, -0.1) is 0 Å². The van der Waals surface area contributed by atoms with E-state index in [0.717, 1.165) is 12.3 Å². The third-order valence-electron chi connectivity index (χ3n) is 0.0556. The molecule has 2 nitrogen and oxygen atoms in total. The van der Waals surface area contributed by atoms with Crippen molar-refractivity contribution in [2.45, 2.75) is 0 Å². The van der Waals surface area contributed by atoms with E-state index in [2.05, 4.69) is 5.67 Å². The van der Waals surface area contributed by atoms with Gasteiger partial charge in [0.15, 0.2) is 0 Å². The molecule has 0 bridgehead atoms. The van der Waals surface area contributed by atoms with Crippen molar-refractivity contribution in [2.75, 3.05) is 0 Å². The van der Waals surface area contributed by atoms with Crippen LogP contribution in [0.5, 0.6) is 0 Å². The number of rotatable bonds is 2. The van der Waals surface area contributed by atoms with E-state index in [4.69, 9.17) is 0 Å². The molecule has 0 aromatic heterocycles. The molecule has 0 aromatic rings. The molecule has 0 aliphatic carbocycles. The molecule has 5 heavy (non-hydrogen) atoms. The predicted molar refractivity (Wildman–Crippen MR) is 9.76 cm³/mol. The Balaban J connectivity index is 2.19. The molecule has 0 heterocycles. The van der Waals surface area contributed by atoms with Crippen molar-refractivity contribution in [2.24, 2.45) is 0 Å². The second kappa shape index (κ2) is 5.65. The fraction of sp³-hybridized carbons (Fsp3) is 0. The van der Waals surface area contributed by atoms with Crippen LogP contribution in [0.3, 0.4) is 0 Å². The molecular weight excluding hydrogens is 256 g/mol. The summed E-state index contributed by atoms with van der Waals surface area (Å²) in [4.78, 5) is 0. The third-order valence-corrected chi connectivity index (χ3v) is 0.986. The van der Waals surface area contributed by atoms with Crippen molar-refractivity contribution in [3.05, 3.63) is 0 Å². The van der Waals surface area contributed by atoms with E-state index in [9.17, 15) is 0 Å². The molecule has 0 amide bonds. The Kier molecular flexibility index (Phi) is 7.51. The quantitative estimate of drug-likeness (QED) is 0.529. The Hall–Kier alpha value is 1.65. The van der Waals surface area contributed by atoms with Gasteiger partial charge in [0.2, 0.25) is 0 Å². The Morgan fingerprint density at radius 2 is 1.60 bits per heavy atom. The second-order valence-electron chi connectivity index (χ2n) is 0.204. The maximum absolute atomic E-state index is 4.40. The van der Waals surface area contributed by atoms with Gasteiger partial charge < -0.3 is 0 Å². The summed E-state index contributed by atoms with van der Waals surface area (Å²) >= 11 is 3.96. The zero-order chi connectivity index (χ0) is 4.12. The van der Waals surface area contributed by atoms with Crippen molar-refractivity contribution in [1.29, 1.82) is 0 Å². The van der Waals surface area contributed by atoms with Crippen LogP contribution in [-0.2, 0) is 46.1 Å². The zero-order valence-corrected chi connectivity index (χ0v) is 6.87. The predicted octanol–water partition coefficient (Wildman–Crippen LogP) is 0.506. The topological polar surface area (TPSA) is 18.5 Å². The van der Waals surface area contributed by atoms with Crippen molar-refractivity contribution in [1.82, 2.24) is 0 Å². The van der Waals surface area contributed by atoms with Crippen LogP contribution in [0.25, 0.3) is 0 Å². The van der Waals surface area contributed by atoms with Crippen molar-refractivity contribution in [3.63, 3.8) is 0 Å². The minimum absolute atomic E-state index is 0.972. The average molecular weight is 256 g/mol. The molecule has 5 heteroatoms. The summed E-state index contributed by atoms with van der Waals surface area (Å²) in [6.45, 7) is 0. The molecule has 0 fully saturated rings. The van der Waals surface area contributed by atoms with Crippen LogP contribution < -0.4 is 0 Å². The van der Waals surface area contributed by atoms with Gasteiger partial charge >= 0.3 is 58.4 Å². The maximum atomic E-state index is 4.40. The number of hydrogen-bond acceptors (Lipinski definition) is 3. The molecule has 30 valence electrons. The van der Waals surface area contributed by atoms with E-state index in [1.54, 1.807) is 0 Å². The van der Waals surface area contributed by atoms with Crippen LogP contribution >= 0.6 is 12.3 Å². The van der Waals surface area contributed by atoms with Gasteiger partial charge in [-0.2, -0.15) is 0 Å². The fourth-order valence-electron chi connectivity index (χ4n) is 0.0113. The van der Waals surface area contributed by atoms with E-state index >= 15 is 0 Å². The van der Waals surface area contributed by atoms with Crippen LogP contribution in [0.2, 0.25) is 0 Å². The van der Waals surface area contributed by atoms with E-state index in [-0.39, 0.29) is 0 Å². The third kappa shape index (κ3) is 5.65. The summed E-state index contributed by atoms with van der Waals surface area (Å²) in [6, 6.07) is 0. The van der Waals surface area contributed by atoms with Crippen LogP contribution in [0.1, 0.15) is 0 Å². The Morgan fingerprint density at radius 3 is 1.60 bits per heavy atom. The van der Waals surface area contributed by atoms with Crippen molar-refractivity contribution < 1.29 is 46.1 Å². The summed E-state index contributed by atoms with van der Waals surface area (Å²) in [6.07, 6.45) is 0.